The van der Waals surface area contributed by atoms with Gasteiger partial charge in [-0.3, -0.25) is 0 Å². The second-order valence-corrected chi connectivity index (χ2v) is 5.30. The number of phenols is 1. The van der Waals surface area contributed by atoms with Gasteiger partial charge in [0.05, 0.1) is 0 Å². The molecule has 0 saturated heterocycles. The minimum Gasteiger partial charge on any atom is -0.508 e. The van der Waals surface area contributed by atoms with Crippen LogP contribution in [0, 0.1) is 12.3 Å². The van der Waals surface area contributed by atoms with Crippen molar-refractivity contribution >= 4 is 11.7 Å². The molecule has 1 aromatic carbocycles. The molecule has 0 fully saturated rings. The molecule has 0 aliphatic rings. The largest absolute Gasteiger partial charge is 0.508 e. The third-order valence-corrected chi connectivity index (χ3v) is 2.26. The van der Waals surface area contributed by atoms with Crippen molar-refractivity contribution in [2.75, 3.05) is 5.32 Å². The highest BCUT2D eigenvalue weighted by atomic mass is 16.3. The first-order valence-corrected chi connectivity index (χ1v) is 5.83. The lowest BCUT2D eigenvalue weighted by molar-refractivity contribution is 0.255. The smallest absolute Gasteiger partial charge is 0.323 e. The lowest BCUT2D eigenvalue weighted by Crippen LogP contribution is -2.24. The average Bonchev–Trinajstić information content (AvgIpc) is 2.20. The Morgan fingerprint density at radius 1 is 1.33 bits per heavy atom. The number of phenolic OH excluding ortho intramolecular Hbond substituents is 1. The summed E-state index contributed by atoms with van der Waals surface area (Å²) in [6.45, 7) is 7.97. The van der Waals surface area contributed by atoms with Crippen molar-refractivity contribution < 1.29 is 9.90 Å². The number of rotatable bonds is 2. The van der Waals surface area contributed by atoms with Crippen LogP contribution in [0.1, 0.15) is 26.3 Å². The number of hydrogen-bond acceptors (Lipinski definition) is 2. The van der Waals surface area contributed by atoms with Crippen molar-refractivity contribution in [2.45, 2.75) is 27.7 Å². The van der Waals surface area contributed by atoms with Crippen molar-refractivity contribution in [3.05, 3.63) is 36.0 Å². The number of aromatic hydroxyl groups is 1. The van der Waals surface area contributed by atoms with Crippen molar-refractivity contribution in [1.82, 2.24) is 5.32 Å². The highest BCUT2D eigenvalue weighted by Crippen LogP contribution is 2.19. The molecule has 3 N–H and O–H groups in total. The zero-order valence-corrected chi connectivity index (χ0v) is 11.2. The van der Waals surface area contributed by atoms with Crippen LogP contribution < -0.4 is 10.6 Å². The molecule has 1 aromatic rings. The third kappa shape index (κ3) is 4.91. The van der Waals surface area contributed by atoms with Gasteiger partial charge >= 0.3 is 6.03 Å². The summed E-state index contributed by atoms with van der Waals surface area (Å²) in [5, 5.41) is 14.6. The van der Waals surface area contributed by atoms with Gasteiger partial charge in [-0.15, -0.1) is 0 Å². The summed E-state index contributed by atoms with van der Waals surface area (Å²) in [4.78, 5) is 11.6. The molecule has 0 unspecified atom stereocenters. The van der Waals surface area contributed by atoms with Crippen LogP contribution in [-0.2, 0) is 0 Å². The van der Waals surface area contributed by atoms with E-state index in [9.17, 15) is 9.90 Å². The van der Waals surface area contributed by atoms with Crippen molar-refractivity contribution in [3.63, 3.8) is 0 Å². The highest BCUT2D eigenvalue weighted by Gasteiger charge is 2.05. The van der Waals surface area contributed by atoms with Gasteiger partial charge in [0.15, 0.2) is 0 Å². The number of amides is 2. The molecular formula is C14H20N2O2. The summed E-state index contributed by atoms with van der Waals surface area (Å²) in [5.74, 6) is 0.186. The summed E-state index contributed by atoms with van der Waals surface area (Å²) in [6.07, 6.45) is 3.54. The van der Waals surface area contributed by atoms with E-state index in [-0.39, 0.29) is 17.2 Å². The second-order valence-electron chi connectivity index (χ2n) is 5.30. The van der Waals surface area contributed by atoms with Crippen LogP contribution in [0.5, 0.6) is 5.75 Å². The first-order chi connectivity index (χ1) is 8.28. The fourth-order valence-electron chi connectivity index (χ4n) is 1.31. The standard InChI is InChI=1S/C14H20N2O2/c1-10-9-11(17)5-6-12(10)16-13(18)15-8-7-14(2,3)4/h5-9,17H,1-4H3,(H2,15,16,18)/b8-7+. The molecule has 0 spiro atoms. The molecule has 0 bridgehead atoms. The first-order valence-electron chi connectivity index (χ1n) is 5.83. The molecule has 98 valence electrons. The molecule has 0 atom stereocenters. The molecule has 2 amide bonds. The summed E-state index contributed by atoms with van der Waals surface area (Å²) in [6, 6.07) is 4.50. The van der Waals surface area contributed by atoms with Gasteiger partial charge < -0.3 is 15.7 Å². The minimum absolute atomic E-state index is 0.0295. The topological polar surface area (TPSA) is 61.4 Å². The van der Waals surface area contributed by atoms with E-state index in [1.54, 1.807) is 18.3 Å². The quantitative estimate of drug-likeness (QED) is 0.703. The van der Waals surface area contributed by atoms with Crippen molar-refractivity contribution in [1.29, 1.82) is 0 Å². The lowest BCUT2D eigenvalue weighted by Gasteiger charge is -2.12. The Balaban J connectivity index is 2.58. The van der Waals surface area contributed by atoms with E-state index in [0.717, 1.165) is 5.56 Å². The van der Waals surface area contributed by atoms with Gasteiger partial charge in [-0.05, 0) is 36.1 Å². The summed E-state index contributed by atoms with van der Waals surface area (Å²) in [5.41, 5.74) is 1.52. The van der Waals surface area contributed by atoms with Crippen LogP contribution >= 0.6 is 0 Å². The Morgan fingerprint density at radius 2 is 2.00 bits per heavy atom. The Labute approximate surface area is 108 Å². The number of aryl methyl sites for hydroxylation is 1. The monoisotopic (exact) mass is 248 g/mol. The van der Waals surface area contributed by atoms with Gasteiger partial charge in [-0.25, -0.2) is 4.79 Å². The minimum atomic E-state index is -0.302. The maximum atomic E-state index is 11.6. The van der Waals surface area contributed by atoms with E-state index in [0.29, 0.717) is 5.69 Å². The van der Waals surface area contributed by atoms with E-state index >= 15 is 0 Å². The van der Waals surface area contributed by atoms with Crippen LogP contribution in [0.2, 0.25) is 0 Å². The van der Waals surface area contributed by atoms with Gasteiger partial charge in [0, 0.05) is 11.9 Å². The number of benzene rings is 1. The number of hydrogen-bond donors (Lipinski definition) is 3. The summed E-state index contributed by atoms with van der Waals surface area (Å²) >= 11 is 0. The first kappa shape index (κ1) is 14.1. The molecule has 0 aliphatic heterocycles. The number of carbonyl (C=O) groups is 1. The molecule has 0 aliphatic carbocycles. The van der Waals surface area contributed by atoms with Crippen molar-refractivity contribution in [3.8, 4) is 5.75 Å². The predicted molar refractivity (Wildman–Crippen MR) is 73.6 cm³/mol. The second kappa shape index (κ2) is 5.58. The van der Waals surface area contributed by atoms with Gasteiger partial charge in [0.2, 0.25) is 0 Å². The number of nitrogens with one attached hydrogen (secondary N) is 2. The van der Waals surface area contributed by atoms with Gasteiger partial charge in [-0.2, -0.15) is 0 Å². The number of urea groups is 1. The molecule has 0 heterocycles. The molecule has 18 heavy (non-hydrogen) atoms. The van der Waals surface area contributed by atoms with E-state index < -0.39 is 0 Å². The maximum Gasteiger partial charge on any atom is 0.323 e. The molecule has 0 aromatic heterocycles. The lowest BCUT2D eigenvalue weighted by atomic mass is 9.97. The normalized spacial score (nSPS) is 11.6. The third-order valence-electron chi connectivity index (χ3n) is 2.26. The van der Waals surface area contributed by atoms with Crippen LogP contribution in [0.4, 0.5) is 10.5 Å². The molecular weight excluding hydrogens is 228 g/mol. The molecule has 0 saturated carbocycles. The number of carbonyl (C=O) groups excluding carboxylic acids is 1. The maximum absolute atomic E-state index is 11.6. The van der Waals surface area contributed by atoms with Crippen LogP contribution in [-0.4, -0.2) is 11.1 Å². The van der Waals surface area contributed by atoms with E-state index in [4.69, 9.17) is 0 Å². The van der Waals surface area contributed by atoms with Crippen LogP contribution in [0.25, 0.3) is 0 Å². The number of anilines is 1. The number of allylic oxidation sites excluding steroid dienone is 1. The van der Waals surface area contributed by atoms with Crippen LogP contribution in [0.3, 0.4) is 0 Å². The molecule has 0 radical (unpaired) electrons. The molecule has 4 heteroatoms. The zero-order chi connectivity index (χ0) is 13.8. The van der Waals surface area contributed by atoms with Gasteiger partial charge in [0.25, 0.3) is 0 Å². The Morgan fingerprint density at radius 3 is 2.56 bits per heavy atom. The SMILES string of the molecule is Cc1cc(O)ccc1NC(=O)N/C=C/C(C)(C)C. The molecule has 4 nitrogen and oxygen atoms in total. The van der Waals surface area contributed by atoms with E-state index in [1.807, 2.05) is 33.8 Å². The summed E-state index contributed by atoms with van der Waals surface area (Å²) < 4.78 is 0. The van der Waals surface area contributed by atoms with Crippen molar-refractivity contribution in [2.24, 2.45) is 5.41 Å². The predicted octanol–water partition coefficient (Wildman–Crippen LogP) is 3.38. The highest BCUT2D eigenvalue weighted by molar-refractivity contribution is 5.90. The average molecular weight is 248 g/mol. The van der Waals surface area contributed by atoms with Crippen LogP contribution in [0.15, 0.2) is 30.5 Å². The Kier molecular flexibility index (Phi) is 4.37. The summed E-state index contributed by atoms with van der Waals surface area (Å²) in [7, 11) is 0. The molecule has 1 rings (SSSR count). The zero-order valence-electron chi connectivity index (χ0n) is 11.2. The van der Waals surface area contributed by atoms with Gasteiger partial charge in [-0.1, -0.05) is 26.8 Å². The Hall–Kier alpha value is -1.97. The van der Waals surface area contributed by atoms with E-state index in [2.05, 4.69) is 10.6 Å². The van der Waals surface area contributed by atoms with E-state index in [1.165, 1.54) is 6.07 Å². The van der Waals surface area contributed by atoms with Gasteiger partial charge in [0.1, 0.15) is 5.75 Å². The Bertz CT molecular complexity index is 459. The fourth-order valence-corrected chi connectivity index (χ4v) is 1.31. The fraction of sp³-hybridized carbons (Fsp3) is 0.357.